The van der Waals surface area contributed by atoms with Crippen molar-refractivity contribution >= 4 is 5.97 Å². The van der Waals surface area contributed by atoms with Crippen molar-refractivity contribution in [3.8, 4) is 0 Å². The molecule has 2 heteroatoms. The minimum atomic E-state index is -0.338. The number of hydrogen-bond donors (Lipinski definition) is 0. The molecule has 0 aliphatic heterocycles. The van der Waals surface area contributed by atoms with Crippen LogP contribution in [0.25, 0.3) is 0 Å². The maximum absolute atomic E-state index is 11.5. The Labute approximate surface area is 73.3 Å². The van der Waals surface area contributed by atoms with Crippen LogP contribution in [0.15, 0.2) is 0 Å². The Morgan fingerprint density at radius 1 is 1.33 bits per heavy atom. The van der Waals surface area contributed by atoms with Gasteiger partial charge in [0.05, 0.1) is 5.41 Å². The highest BCUT2D eigenvalue weighted by Crippen LogP contribution is 2.59. The molecule has 3 aliphatic carbocycles. The van der Waals surface area contributed by atoms with Crippen molar-refractivity contribution in [1.82, 2.24) is 0 Å². The van der Waals surface area contributed by atoms with E-state index in [1.165, 1.54) is 0 Å². The molecule has 0 saturated heterocycles. The number of carbonyl (C=O) groups excluding carboxylic acids is 1. The van der Waals surface area contributed by atoms with Crippen LogP contribution in [0.5, 0.6) is 0 Å². The summed E-state index contributed by atoms with van der Waals surface area (Å²) in [4.78, 5) is 11.5. The highest BCUT2D eigenvalue weighted by molar-refractivity contribution is 5.76. The highest BCUT2D eigenvalue weighted by atomic mass is 16.6. The molecule has 0 radical (unpaired) electrons. The minimum Gasteiger partial charge on any atom is -0.459 e. The molecule has 0 heterocycles. The van der Waals surface area contributed by atoms with Crippen molar-refractivity contribution in [1.29, 1.82) is 0 Å². The number of ether oxygens (including phenoxy) is 1. The third kappa shape index (κ3) is 1.05. The van der Waals surface area contributed by atoms with E-state index in [2.05, 4.69) is 0 Å². The Morgan fingerprint density at radius 2 is 1.83 bits per heavy atom. The van der Waals surface area contributed by atoms with Gasteiger partial charge >= 0.3 is 5.97 Å². The summed E-state index contributed by atoms with van der Waals surface area (Å²) in [7, 11) is 0. The zero-order chi connectivity index (χ0) is 8.98. The summed E-state index contributed by atoms with van der Waals surface area (Å²) in [5, 5.41) is 0. The van der Waals surface area contributed by atoms with Gasteiger partial charge in [-0.15, -0.1) is 0 Å². The summed E-state index contributed by atoms with van der Waals surface area (Å²) in [6.07, 6.45) is 3.36. The lowest BCUT2D eigenvalue weighted by atomic mass is 9.52. The SMILES string of the molecule is CC(C)(C)C(=O)OC12CC(C1)C2. The molecule has 12 heavy (non-hydrogen) atoms. The molecule has 0 unspecified atom stereocenters. The maximum Gasteiger partial charge on any atom is 0.311 e. The molecule has 3 fully saturated rings. The Kier molecular flexibility index (Phi) is 1.37. The van der Waals surface area contributed by atoms with Crippen LogP contribution >= 0.6 is 0 Å². The monoisotopic (exact) mass is 168 g/mol. The average molecular weight is 168 g/mol. The van der Waals surface area contributed by atoms with E-state index >= 15 is 0 Å². The van der Waals surface area contributed by atoms with Crippen LogP contribution in [0.2, 0.25) is 0 Å². The van der Waals surface area contributed by atoms with Gasteiger partial charge in [0.2, 0.25) is 0 Å². The first-order chi connectivity index (χ1) is 5.41. The van der Waals surface area contributed by atoms with Crippen LogP contribution in [-0.4, -0.2) is 11.6 Å². The molecule has 3 aliphatic rings. The number of rotatable bonds is 1. The van der Waals surface area contributed by atoms with Gasteiger partial charge in [0, 0.05) is 0 Å². The van der Waals surface area contributed by atoms with E-state index in [-0.39, 0.29) is 17.0 Å². The predicted molar refractivity (Wildman–Crippen MR) is 45.6 cm³/mol. The Morgan fingerprint density at radius 3 is 2.08 bits per heavy atom. The van der Waals surface area contributed by atoms with Crippen LogP contribution in [0.3, 0.4) is 0 Å². The summed E-state index contributed by atoms with van der Waals surface area (Å²) >= 11 is 0. The zero-order valence-electron chi connectivity index (χ0n) is 8.02. The van der Waals surface area contributed by atoms with Crippen molar-refractivity contribution in [2.24, 2.45) is 11.3 Å². The third-order valence-corrected chi connectivity index (χ3v) is 2.90. The fourth-order valence-corrected chi connectivity index (χ4v) is 1.87. The van der Waals surface area contributed by atoms with Gasteiger partial charge in [-0.2, -0.15) is 0 Å². The van der Waals surface area contributed by atoms with Gasteiger partial charge < -0.3 is 4.74 Å². The van der Waals surface area contributed by atoms with E-state index in [1.807, 2.05) is 20.8 Å². The van der Waals surface area contributed by atoms with Gasteiger partial charge in [0.15, 0.2) is 0 Å². The van der Waals surface area contributed by atoms with Crippen LogP contribution in [0.1, 0.15) is 40.0 Å². The van der Waals surface area contributed by atoms with Crippen molar-refractivity contribution < 1.29 is 9.53 Å². The van der Waals surface area contributed by atoms with Crippen molar-refractivity contribution in [2.75, 3.05) is 0 Å². The normalized spacial score (nSPS) is 38.1. The molecule has 68 valence electrons. The first-order valence-electron chi connectivity index (χ1n) is 4.65. The number of carbonyl (C=O) groups is 1. The molecule has 2 nitrogen and oxygen atoms in total. The summed E-state index contributed by atoms with van der Waals surface area (Å²) in [6.45, 7) is 5.71. The second-order valence-electron chi connectivity index (χ2n) is 5.30. The van der Waals surface area contributed by atoms with E-state index < -0.39 is 0 Å². The average Bonchev–Trinajstić information content (AvgIpc) is 1.72. The summed E-state index contributed by atoms with van der Waals surface area (Å²) in [5.41, 5.74) is -0.343. The number of hydrogen-bond acceptors (Lipinski definition) is 2. The Bertz CT molecular complexity index is 207. The lowest BCUT2D eigenvalue weighted by Crippen LogP contribution is -2.61. The Balaban J connectivity index is 1.91. The molecule has 3 rings (SSSR count). The first-order valence-corrected chi connectivity index (χ1v) is 4.65. The predicted octanol–water partition coefficient (Wildman–Crippen LogP) is 2.13. The van der Waals surface area contributed by atoms with Gasteiger partial charge in [-0.3, -0.25) is 4.79 Å². The second-order valence-corrected chi connectivity index (χ2v) is 5.30. The maximum atomic E-state index is 11.5. The molecular formula is C10H16O2. The zero-order valence-corrected chi connectivity index (χ0v) is 8.02. The smallest absolute Gasteiger partial charge is 0.311 e. The topological polar surface area (TPSA) is 26.3 Å². The van der Waals surface area contributed by atoms with Gasteiger partial charge in [-0.05, 0) is 46.0 Å². The molecule has 0 aromatic rings. The van der Waals surface area contributed by atoms with Crippen LogP contribution in [0.4, 0.5) is 0 Å². The Hall–Kier alpha value is -0.530. The standard InChI is InChI=1S/C10H16O2/c1-9(2,3)8(11)12-10-4-7(5-10)6-10/h7H,4-6H2,1-3H3. The van der Waals surface area contributed by atoms with Gasteiger partial charge in [0.25, 0.3) is 0 Å². The molecule has 3 saturated carbocycles. The fraction of sp³-hybridized carbons (Fsp3) is 0.900. The number of esters is 1. The van der Waals surface area contributed by atoms with Gasteiger partial charge in [0.1, 0.15) is 5.60 Å². The lowest BCUT2D eigenvalue weighted by molar-refractivity contribution is -0.231. The highest BCUT2D eigenvalue weighted by Gasteiger charge is 2.60. The lowest BCUT2D eigenvalue weighted by Gasteiger charge is -2.60. The molecule has 0 aromatic heterocycles. The van der Waals surface area contributed by atoms with E-state index in [0.29, 0.717) is 0 Å². The van der Waals surface area contributed by atoms with E-state index in [9.17, 15) is 4.79 Å². The molecule has 0 spiro atoms. The second kappa shape index (κ2) is 2.04. The quantitative estimate of drug-likeness (QED) is 0.561. The third-order valence-electron chi connectivity index (χ3n) is 2.90. The van der Waals surface area contributed by atoms with Crippen molar-refractivity contribution in [3.05, 3.63) is 0 Å². The molecule has 0 aromatic carbocycles. The van der Waals surface area contributed by atoms with E-state index in [1.54, 1.807) is 0 Å². The molecule has 2 bridgehead atoms. The molecule has 0 amide bonds. The first kappa shape index (κ1) is 8.09. The van der Waals surface area contributed by atoms with E-state index in [0.717, 1.165) is 25.2 Å². The summed E-state index contributed by atoms with van der Waals surface area (Å²) < 4.78 is 5.47. The van der Waals surface area contributed by atoms with Crippen molar-refractivity contribution in [2.45, 2.75) is 45.6 Å². The van der Waals surface area contributed by atoms with Gasteiger partial charge in [-0.25, -0.2) is 0 Å². The summed E-state index contributed by atoms with van der Waals surface area (Å²) in [5.74, 6) is 0.832. The molecule has 0 atom stereocenters. The van der Waals surface area contributed by atoms with Crippen LogP contribution in [0, 0.1) is 11.3 Å². The minimum absolute atomic E-state index is 0.00493. The molecular weight excluding hydrogens is 152 g/mol. The fourth-order valence-electron chi connectivity index (χ4n) is 1.87. The van der Waals surface area contributed by atoms with Crippen LogP contribution < -0.4 is 0 Å². The van der Waals surface area contributed by atoms with E-state index in [4.69, 9.17) is 4.74 Å². The summed E-state index contributed by atoms with van der Waals surface area (Å²) in [6, 6.07) is 0. The molecule has 0 N–H and O–H groups in total. The van der Waals surface area contributed by atoms with Crippen molar-refractivity contribution in [3.63, 3.8) is 0 Å². The van der Waals surface area contributed by atoms with Crippen LogP contribution in [-0.2, 0) is 9.53 Å². The largest absolute Gasteiger partial charge is 0.459 e. The van der Waals surface area contributed by atoms with Gasteiger partial charge in [-0.1, -0.05) is 0 Å².